The quantitative estimate of drug-likeness (QED) is 0.230. The first-order valence-electron chi connectivity index (χ1n) is 13.0. The number of aliphatic imine (C=N–C) groups is 1. The van der Waals surface area contributed by atoms with E-state index in [1.807, 2.05) is 92.6 Å². The molecule has 0 spiro atoms. The van der Waals surface area contributed by atoms with Crippen LogP contribution in [0.1, 0.15) is 21.5 Å². The number of amides is 1. The summed E-state index contributed by atoms with van der Waals surface area (Å²) in [6, 6.07) is 22.1. The Morgan fingerprint density at radius 2 is 1.57 bits per heavy atom. The lowest BCUT2D eigenvalue weighted by atomic mass is 10.00. The van der Waals surface area contributed by atoms with Crippen molar-refractivity contribution < 1.29 is 19.4 Å². The maximum Gasteiger partial charge on any atom is 0.338 e. The van der Waals surface area contributed by atoms with E-state index >= 15 is 0 Å². The summed E-state index contributed by atoms with van der Waals surface area (Å²) in [4.78, 5) is 38.3. The van der Waals surface area contributed by atoms with Gasteiger partial charge in [-0.3, -0.25) is 4.79 Å². The summed E-state index contributed by atoms with van der Waals surface area (Å²) in [6.45, 7) is 1.22. The van der Waals surface area contributed by atoms with Gasteiger partial charge >= 0.3 is 5.97 Å². The summed E-state index contributed by atoms with van der Waals surface area (Å²) < 4.78 is 5.37. The molecule has 0 aliphatic heterocycles. The molecule has 2 N–H and O–H groups in total. The summed E-state index contributed by atoms with van der Waals surface area (Å²) in [7, 11) is 9.28. The van der Waals surface area contributed by atoms with E-state index in [9.17, 15) is 14.7 Å². The molecule has 0 atom stereocenters. The Labute approximate surface area is 234 Å². The van der Waals surface area contributed by atoms with E-state index < -0.39 is 5.97 Å². The molecular weight excluding hydrogens is 506 g/mol. The average Bonchev–Trinajstić information content (AvgIpc) is 3.26. The molecule has 9 heteroatoms. The highest BCUT2D eigenvalue weighted by Gasteiger charge is 2.20. The first-order chi connectivity index (χ1) is 19.1. The highest BCUT2D eigenvalue weighted by Crippen LogP contribution is 2.32. The lowest BCUT2D eigenvalue weighted by Crippen LogP contribution is -2.34. The van der Waals surface area contributed by atoms with Gasteiger partial charge in [-0.2, -0.15) is 0 Å². The Morgan fingerprint density at radius 1 is 0.875 bits per heavy atom. The number of hydrogen-bond acceptors (Lipinski definition) is 7. The van der Waals surface area contributed by atoms with Crippen molar-refractivity contribution in [1.29, 1.82) is 0 Å². The van der Waals surface area contributed by atoms with Crippen LogP contribution >= 0.6 is 0 Å². The minimum atomic E-state index is -0.425. The van der Waals surface area contributed by atoms with Gasteiger partial charge in [0.15, 0.2) is 5.88 Å². The third-order valence-corrected chi connectivity index (χ3v) is 6.37. The van der Waals surface area contributed by atoms with Crippen molar-refractivity contribution in [3.8, 4) is 5.88 Å². The van der Waals surface area contributed by atoms with E-state index in [1.165, 1.54) is 0 Å². The molecule has 4 rings (SSSR count). The van der Waals surface area contributed by atoms with Gasteiger partial charge in [0.2, 0.25) is 5.91 Å². The average molecular weight is 542 g/mol. The number of carbonyl (C=O) groups is 2. The summed E-state index contributed by atoms with van der Waals surface area (Å²) >= 11 is 0. The van der Waals surface area contributed by atoms with Crippen LogP contribution in [0.5, 0.6) is 5.88 Å². The van der Waals surface area contributed by atoms with Crippen molar-refractivity contribution in [2.75, 3.05) is 59.8 Å². The van der Waals surface area contributed by atoms with E-state index in [-0.39, 0.29) is 18.4 Å². The molecule has 0 radical (unpaired) electrons. The fraction of sp³-hybridized carbons (Fsp3) is 0.258. The molecule has 9 nitrogen and oxygen atoms in total. The van der Waals surface area contributed by atoms with Crippen molar-refractivity contribution in [3.05, 3.63) is 89.5 Å². The number of aromatic amines is 1. The van der Waals surface area contributed by atoms with Crippen LogP contribution in [0.2, 0.25) is 0 Å². The van der Waals surface area contributed by atoms with E-state index in [1.54, 1.807) is 30.1 Å². The highest BCUT2D eigenvalue weighted by molar-refractivity contribution is 6.22. The van der Waals surface area contributed by atoms with Crippen molar-refractivity contribution in [2.45, 2.75) is 0 Å². The topological polar surface area (TPSA) is 101 Å². The number of carbonyl (C=O) groups excluding carboxylic acids is 2. The van der Waals surface area contributed by atoms with Crippen molar-refractivity contribution in [1.82, 2.24) is 14.8 Å². The molecule has 208 valence electrons. The van der Waals surface area contributed by atoms with Gasteiger partial charge in [-0.05, 0) is 64.6 Å². The van der Waals surface area contributed by atoms with Crippen LogP contribution in [0.25, 0.3) is 10.9 Å². The third kappa shape index (κ3) is 6.74. The molecule has 40 heavy (non-hydrogen) atoms. The molecule has 1 heterocycles. The van der Waals surface area contributed by atoms with Gasteiger partial charge in [-0.15, -0.1) is 0 Å². The third-order valence-electron chi connectivity index (χ3n) is 6.37. The molecule has 1 amide bonds. The van der Waals surface area contributed by atoms with E-state index in [0.717, 1.165) is 16.6 Å². The summed E-state index contributed by atoms with van der Waals surface area (Å²) in [5.41, 5.74) is 4.30. The molecule has 0 bridgehead atoms. The molecule has 0 aliphatic carbocycles. The zero-order valence-electron chi connectivity index (χ0n) is 23.5. The summed E-state index contributed by atoms with van der Waals surface area (Å²) in [5.74, 6) is -0.497. The van der Waals surface area contributed by atoms with Crippen molar-refractivity contribution in [3.63, 3.8) is 0 Å². The Balaban J connectivity index is 1.70. The molecule has 0 saturated heterocycles. The monoisotopic (exact) mass is 541 g/mol. The molecule has 4 aromatic rings. The predicted octanol–water partition coefficient (Wildman–Crippen LogP) is 4.29. The number of nitrogens with one attached hydrogen (secondary N) is 1. The molecule has 1 aromatic heterocycles. The van der Waals surface area contributed by atoms with E-state index in [0.29, 0.717) is 41.1 Å². The zero-order chi connectivity index (χ0) is 28.8. The number of aromatic nitrogens is 1. The number of benzene rings is 3. The SMILES string of the molecule is CN(C)CCOC(=O)c1ccc2c(C(=Nc3ccc(N(C)C(=O)CN(C)C)cc3)c3ccccc3)c(O)[nH]c2c1. The number of aromatic hydroxyl groups is 1. The number of ether oxygens (including phenoxy) is 1. The number of likely N-dealkylation sites (N-methyl/N-ethyl adjacent to an activating group) is 3. The number of fused-ring (bicyclic) bond motifs is 1. The maximum atomic E-state index is 12.6. The zero-order valence-corrected chi connectivity index (χ0v) is 23.5. The van der Waals surface area contributed by atoms with Gasteiger partial charge < -0.3 is 29.5 Å². The van der Waals surface area contributed by atoms with Crippen LogP contribution in [-0.4, -0.2) is 92.4 Å². The minimum Gasteiger partial charge on any atom is -0.494 e. The molecule has 0 aliphatic rings. The normalized spacial score (nSPS) is 11.8. The second-order valence-corrected chi connectivity index (χ2v) is 10.1. The Morgan fingerprint density at radius 3 is 2.23 bits per heavy atom. The van der Waals surface area contributed by atoms with Crippen molar-refractivity contribution >= 4 is 39.9 Å². The molecular formula is C31H35N5O4. The van der Waals surface area contributed by atoms with Crippen LogP contribution in [0.15, 0.2) is 77.8 Å². The van der Waals surface area contributed by atoms with Crippen LogP contribution in [0, 0.1) is 0 Å². The number of rotatable bonds is 10. The van der Waals surface area contributed by atoms with Gasteiger partial charge in [-0.1, -0.05) is 36.4 Å². The second-order valence-electron chi connectivity index (χ2n) is 10.1. The number of hydrogen-bond donors (Lipinski definition) is 2. The predicted molar refractivity (Wildman–Crippen MR) is 159 cm³/mol. The Hall–Kier alpha value is -4.47. The van der Waals surface area contributed by atoms with E-state index in [4.69, 9.17) is 9.73 Å². The molecule has 3 aromatic carbocycles. The minimum absolute atomic E-state index is 0.0177. The number of esters is 1. The number of nitrogens with zero attached hydrogens (tertiary/aromatic N) is 4. The standard InChI is InChI=1S/C31H35N5O4/c1-34(2)17-18-40-31(39)22-11-16-25-26(19-22)33-30(38)28(25)29(21-9-7-6-8-10-21)32-23-12-14-24(15-13-23)36(5)27(37)20-35(3)4/h6-16,19,33,38H,17-18,20H2,1-5H3. The summed E-state index contributed by atoms with van der Waals surface area (Å²) in [5, 5.41) is 11.7. The second kappa shape index (κ2) is 12.6. The summed E-state index contributed by atoms with van der Waals surface area (Å²) in [6.07, 6.45) is 0. The Bertz CT molecular complexity index is 1510. The Kier molecular flexibility index (Phi) is 8.98. The van der Waals surface area contributed by atoms with Gasteiger partial charge in [0, 0.05) is 35.7 Å². The van der Waals surface area contributed by atoms with Gasteiger partial charge in [-0.25, -0.2) is 9.79 Å². The van der Waals surface area contributed by atoms with Crippen LogP contribution < -0.4 is 4.90 Å². The lowest BCUT2D eigenvalue weighted by Gasteiger charge is -2.19. The fourth-order valence-electron chi connectivity index (χ4n) is 4.22. The maximum absolute atomic E-state index is 12.6. The van der Waals surface area contributed by atoms with Gasteiger partial charge in [0.25, 0.3) is 0 Å². The molecule has 0 fully saturated rings. The van der Waals surface area contributed by atoms with Gasteiger partial charge in [0.05, 0.1) is 29.1 Å². The first-order valence-corrected chi connectivity index (χ1v) is 13.0. The largest absolute Gasteiger partial charge is 0.494 e. The van der Waals surface area contributed by atoms with Crippen molar-refractivity contribution in [2.24, 2.45) is 4.99 Å². The number of anilines is 1. The molecule has 0 saturated carbocycles. The first kappa shape index (κ1) is 28.5. The fourth-order valence-corrected chi connectivity index (χ4v) is 4.22. The highest BCUT2D eigenvalue weighted by atomic mass is 16.5. The lowest BCUT2D eigenvalue weighted by molar-refractivity contribution is -0.118. The molecule has 0 unspecified atom stereocenters. The van der Waals surface area contributed by atoms with Crippen LogP contribution in [0.4, 0.5) is 11.4 Å². The van der Waals surface area contributed by atoms with Crippen LogP contribution in [-0.2, 0) is 9.53 Å². The van der Waals surface area contributed by atoms with Gasteiger partial charge in [0.1, 0.15) is 6.61 Å². The number of H-pyrrole nitrogens is 1. The smallest absolute Gasteiger partial charge is 0.338 e. The van der Waals surface area contributed by atoms with Crippen LogP contribution in [0.3, 0.4) is 0 Å². The van der Waals surface area contributed by atoms with E-state index in [2.05, 4.69) is 4.98 Å².